The van der Waals surface area contributed by atoms with Gasteiger partial charge >= 0.3 is 0 Å². The Balaban J connectivity index is 1.76. The minimum Gasteiger partial charge on any atom is -0.381 e. The van der Waals surface area contributed by atoms with Gasteiger partial charge in [0, 0.05) is 42.2 Å². The summed E-state index contributed by atoms with van der Waals surface area (Å²) >= 11 is 0. The molecule has 0 radical (unpaired) electrons. The first-order valence-electron chi connectivity index (χ1n) is 11.7. The van der Waals surface area contributed by atoms with Crippen molar-refractivity contribution in [3.05, 3.63) is 54.2 Å². The molecule has 0 saturated heterocycles. The standard InChI is InChI=1S/C27H32N4O2/c1-16(2)27(33)24-15-29-25-13-6-19(18-4-9-21(10-5-18)30-17(3)32)14-23(25)26(24)31-22-11-7-20(28)8-12-22/h4-6,9-10,13-16,20,22H,7-8,11-12,28H2,1-3H3,(H,29,31)(H,30,32). The lowest BCUT2D eigenvalue weighted by Crippen LogP contribution is -2.33. The highest BCUT2D eigenvalue weighted by Gasteiger charge is 2.23. The number of carbonyl (C=O) groups is 2. The number of pyridine rings is 1. The van der Waals surface area contributed by atoms with Gasteiger partial charge in [0.2, 0.25) is 5.91 Å². The molecule has 6 nitrogen and oxygen atoms in total. The number of benzene rings is 2. The molecule has 4 N–H and O–H groups in total. The molecular weight excluding hydrogens is 412 g/mol. The number of ketones is 1. The highest BCUT2D eigenvalue weighted by Crippen LogP contribution is 2.34. The van der Waals surface area contributed by atoms with Crippen molar-refractivity contribution in [2.45, 2.75) is 58.5 Å². The van der Waals surface area contributed by atoms with Gasteiger partial charge in [-0.25, -0.2) is 0 Å². The van der Waals surface area contributed by atoms with E-state index in [1.807, 2.05) is 50.2 Å². The minimum atomic E-state index is -0.117. The van der Waals surface area contributed by atoms with E-state index >= 15 is 0 Å². The van der Waals surface area contributed by atoms with Crippen molar-refractivity contribution in [3.8, 4) is 11.1 Å². The van der Waals surface area contributed by atoms with Gasteiger partial charge in [-0.3, -0.25) is 14.6 Å². The third-order valence-electron chi connectivity index (χ3n) is 6.32. The number of rotatable bonds is 6. The fraction of sp³-hybridized carbons (Fsp3) is 0.370. The Morgan fingerprint density at radius 3 is 2.30 bits per heavy atom. The second-order valence-corrected chi connectivity index (χ2v) is 9.31. The Hall–Kier alpha value is -3.25. The van der Waals surface area contributed by atoms with Crippen molar-refractivity contribution in [2.24, 2.45) is 11.7 Å². The number of hydrogen-bond acceptors (Lipinski definition) is 5. The molecule has 1 saturated carbocycles. The Labute approximate surface area is 195 Å². The van der Waals surface area contributed by atoms with Crippen LogP contribution in [0, 0.1) is 5.92 Å². The highest BCUT2D eigenvalue weighted by atomic mass is 16.1. The zero-order chi connectivity index (χ0) is 23.5. The number of Topliss-reactive ketones (excluding diaryl/α,β-unsaturated/α-hetero) is 1. The van der Waals surface area contributed by atoms with Crippen molar-refractivity contribution in [1.29, 1.82) is 0 Å². The van der Waals surface area contributed by atoms with E-state index in [-0.39, 0.29) is 29.7 Å². The van der Waals surface area contributed by atoms with Gasteiger partial charge in [-0.15, -0.1) is 0 Å². The van der Waals surface area contributed by atoms with Gasteiger partial charge in [-0.2, -0.15) is 0 Å². The number of carbonyl (C=O) groups excluding carboxylic acids is 2. The largest absolute Gasteiger partial charge is 0.381 e. The number of anilines is 2. The van der Waals surface area contributed by atoms with Crippen molar-refractivity contribution < 1.29 is 9.59 Å². The molecule has 0 aliphatic heterocycles. The average Bonchev–Trinajstić information content (AvgIpc) is 2.80. The summed E-state index contributed by atoms with van der Waals surface area (Å²) in [7, 11) is 0. The van der Waals surface area contributed by atoms with Crippen molar-refractivity contribution >= 4 is 34.0 Å². The number of fused-ring (bicyclic) bond motifs is 1. The van der Waals surface area contributed by atoms with Crippen LogP contribution >= 0.6 is 0 Å². The third kappa shape index (κ3) is 5.22. The smallest absolute Gasteiger partial charge is 0.221 e. The molecule has 1 amide bonds. The molecule has 0 bridgehead atoms. The predicted octanol–water partition coefficient (Wildman–Crippen LogP) is 5.38. The summed E-state index contributed by atoms with van der Waals surface area (Å²) < 4.78 is 0. The topological polar surface area (TPSA) is 97.1 Å². The number of nitrogens with two attached hydrogens (primary N) is 1. The van der Waals surface area contributed by atoms with Gasteiger partial charge in [-0.05, 0) is 61.1 Å². The summed E-state index contributed by atoms with van der Waals surface area (Å²) in [6.45, 7) is 5.33. The van der Waals surface area contributed by atoms with Crippen LogP contribution in [0.5, 0.6) is 0 Å². The van der Waals surface area contributed by atoms with E-state index in [1.54, 1.807) is 6.20 Å². The molecule has 3 aromatic rings. The van der Waals surface area contributed by atoms with Crippen LogP contribution in [0.3, 0.4) is 0 Å². The maximum atomic E-state index is 13.0. The van der Waals surface area contributed by atoms with Crippen LogP contribution in [0.15, 0.2) is 48.7 Å². The fourth-order valence-electron chi connectivity index (χ4n) is 4.44. The van der Waals surface area contributed by atoms with Gasteiger partial charge in [0.25, 0.3) is 0 Å². The fourth-order valence-corrected chi connectivity index (χ4v) is 4.44. The van der Waals surface area contributed by atoms with Crippen LogP contribution in [0.1, 0.15) is 56.8 Å². The number of amides is 1. The second-order valence-electron chi connectivity index (χ2n) is 9.31. The maximum Gasteiger partial charge on any atom is 0.221 e. The molecule has 172 valence electrons. The van der Waals surface area contributed by atoms with E-state index in [4.69, 9.17) is 5.73 Å². The Bertz CT molecular complexity index is 1160. The van der Waals surface area contributed by atoms with Crippen LogP contribution in [0.25, 0.3) is 22.0 Å². The lowest BCUT2D eigenvalue weighted by atomic mass is 9.90. The second kappa shape index (κ2) is 9.71. The molecule has 1 fully saturated rings. The summed E-state index contributed by atoms with van der Waals surface area (Å²) in [5.41, 5.74) is 11.3. The first-order valence-corrected chi connectivity index (χ1v) is 11.7. The van der Waals surface area contributed by atoms with Gasteiger partial charge in [0.05, 0.1) is 16.8 Å². The summed E-state index contributed by atoms with van der Waals surface area (Å²) in [6.07, 6.45) is 5.67. The number of nitrogens with zero attached hydrogens (tertiary/aromatic N) is 1. The van der Waals surface area contributed by atoms with Crippen LogP contribution < -0.4 is 16.4 Å². The summed E-state index contributed by atoms with van der Waals surface area (Å²) in [5.74, 6) is -0.125. The molecule has 1 aliphatic carbocycles. The van der Waals surface area contributed by atoms with Crippen molar-refractivity contribution in [3.63, 3.8) is 0 Å². The SMILES string of the molecule is CC(=O)Nc1ccc(-c2ccc3ncc(C(=O)C(C)C)c(NC4CCC(N)CC4)c3c2)cc1. The number of hydrogen-bond donors (Lipinski definition) is 3. The molecule has 0 atom stereocenters. The van der Waals surface area contributed by atoms with Crippen LogP contribution in [0.2, 0.25) is 0 Å². The normalized spacial score (nSPS) is 18.3. The van der Waals surface area contributed by atoms with E-state index in [2.05, 4.69) is 21.7 Å². The number of aromatic nitrogens is 1. The van der Waals surface area contributed by atoms with Crippen LogP contribution in [-0.2, 0) is 4.79 Å². The third-order valence-corrected chi connectivity index (χ3v) is 6.32. The van der Waals surface area contributed by atoms with Crippen molar-refractivity contribution in [1.82, 2.24) is 4.98 Å². The van der Waals surface area contributed by atoms with Crippen LogP contribution in [-0.4, -0.2) is 28.8 Å². The van der Waals surface area contributed by atoms with E-state index in [0.717, 1.165) is 59.1 Å². The average molecular weight is 445 g/mol. The summed E-state index contributed by atoms with van der Waals surface area (Å²) in [5, 5.41) is 7.43. The Morgan fingerprint density at radius 2 is 1.67 bits per heavy atom. The molecule has 0 unspecified atom stereocenters. The molecule has 6 heteroatoms. The van der Waals surface area contributed by atoms with E-state index < -0.39 is 0 Å². The monoisotopic (exact) mass is 444 g/mol. The van der Waals surface area contributed by atoms with Gasteiger partial charge in [-0.1, -0.05) is 32.0 Å². The number of nitrogens with one attached hydrogen (secondary N) is 2. The van der Waals surface area contributed by atoms with Gasteiger partial charge in [0.15, 0.2) is 5.78 Å². The zero-order valence-corrected chi connectivity index (χ0v) is 19.5. The van der Waals surface area contributed by atoms with Crippen molar-refractivity contribution in [2.75, 3.05) is 10.6 Å². The highest BCUT2D eigenvalue weighted by molar-refractivity contribution is 6.09. The molecule has 4 rings (SSSR count). The maximum absolute atomic E-state index is 13.0. The molecule has 2 aromatic carbocycles. The molecule has 33 heavy (non-hydrogen) atoms. The zero-order valence-electron chi connectivity index (χ0n) is 19.5. The molecular formula is C27H32N4O2. The molecule has 0 spiro atoms. The predicted molar refractivity (Wildman–Crippen MR) is 135 cm³/mol. The van der Waals surface area contributed by atoms with E-state index in [9.17, 15) is 9.59 Å². The van der Waals surface area contributed by atoms with Gasteiger partial charge < -0.3 is 16.4 Å². The quantitative estimate of drug-likeness (QED) is 0.444. The molecule has 1 heterocycles. The van der Waals surface area contributed by atoms with Crippen LogP contribution in [0.4, 0.5) is 11.4 Å². The van der Waals surface area contributed by atoms with E-state index in [1.165, 1.54) is 6.92 Å². The Kier molecular flexibility index (Phi) is 6.75. The Morgan fingerprint density at radius 1 is 1.00 bits per heavy atom. The first kappa shape index (κ1) is 22.9. The van der Waals surface area contributed by atoms with E-state index in [0.29, 0.717) is 5.56 Å². The summed E-state index contributed by atoms with van der Waals surface area (Å²) in [4.78, 5) is 29.0. The lowest BCUT2D eigenvalue weighted by Gasteiger charge is -2.29. The molecule has 1 aliphatic rings. The molecule has 1 aromatic heterocycles. The summed E-state index contributed by atoms with van der Waals surface area (Å²) in [6, 6.07) is 14.4. The first-order chi connectivity index (χ1) is 15.8. The van der Waals surface area contributed by atoms with Gasteiger partial charge in [0.1, 0.15) is 0 Å². The lowest BCUT2D eigenvalue weighted by molar-refractivity contribution is -0.114. The minimum absolute atomic E-state index is 0.0875.